The van der Waals surface area contributed by atoms with Crippen LogP contribution in [-0.4, -0.2) is 10.1 Å². The van der Waals surface area contributed by atoms with Crippen LogP contribution in [0.2, 0.25) is 5.15 Å². The van der Waals surface area contributed by atoms with Gasteiger partial charge in [0.2, 0.25) is 0 Å². The fourth-order valence-corrected chi connectivity index (χ4v) is 3.08. The van der Waals surface area contributed by atoms with Crippen LogP contribution in [0.15, 0.2) is 36.4 Å². The molecule has 110 valence electrons. The summed E-state index contributed by atoms with van der Waals surface area (Å²) in [6.45, 7) is 0. The molecule has 2 aromatic rings. The highest BCUT2D eigenvalue weighted by Crippen LogP contribution is 2.44. The van der Waals surface area contributed by atoms with Crippen molar-refractivity contribution in [2.75, 3.05) is 0 Å². The topological polar surface area (TPSA) is 33.1 Å². The maximum Gasteiger partial charge on any atom is 0.433 e. The Labute approximate surface area is 124 Å². The molecule has 0 radical (unpaired) electrons. The second kappa shape index (κ2) is 4.71. The molecule has 6 heteroatoms. The fourth-order valence-electron chi connectivity index (χ4n) is 2.77. The van der Waals surface area contributed by atoms with Crippen LogP contribution >= 0.6 is 11.6 Å². The van der Waals surface area contributed by atoms with Gasteiger partial charge in [-0.1, -0.05) is 41.9 Å². The van der Waals surface area contributed by atoms with E-state index in [9.17, 15) is 18.3 Å². The van der Waals surface area contributed by atoms with Crippen molar-refractivity contribution >= 4 is 11.6 Å². The van der Waals surface area contributed by atoms with Crippen LogP contribution in [0.3, 0.4) is 0 Å². The van der Waals surface area contributed by atoms with E-state index in [0.29, 0.717) is 18.4 Å². The molecule has 0 bridgehead atoms. The van der Waals surface area contributed by atoms with Crippen LogP contribution in [0.5, 0.6) is 0 Å². The van der Waals surface area contributed by atoms with Gasteiger partial charge in [-0.15, -0.1) is 0 Å². The Hall–Kier alpha value is -1.59. The van der Waals surface area contributed by atoms with Crippen molar-refractivity contribution in [3.63, 3.8) is 0 Å². The third kappa shape index (κ3) is 2.30. The first-order valence-electron chi connectivity index (χ1n) is 6.37. The summed E-state index contributed by atoms with van der Waals surface area (Å²) >= 11 is 5.90. The second-order valence-corrected chi connectivity index (χ2v) is 5.41. The van der Waals surface area contributed by atoms with Gasteiger partial charge in [-0.3, -0.25) is 0 Å². The van der Waals surface area contributed by atoms with Crippen molar-refractivity contribution in [3.05, 3.63) is 63.9 Å². The number of fused-ring (bicyclic) bond motifs is 1. The standard InChI is InChI=1S/C15H11ClF3NO/c16-13-11(5-6-12(20-13)15(17,18)19)14(21)8-7-9-3-1-2-4-10(9)14/h1-6,21H,7-8H2. The molecule has 1 aromatic carbocycles. The van der Waals surface area contributed by atoms with Crippen molar-refractivity contribution in [1.29, 1.82) is 0 Å². The maximum atomic E-state index is 12.6. The molecule has 0 saturated carbocycles. The first kappa shape index (κ1) is 14.4. The number of halogens is 4. The lowest BCUT2D eigenvalue weighted by Crippen LogP contribution is -2.25. The summed E-state index contributed by atoms with van der Waals surface area (Å²) in [7, 11) is 0. The van der Waals surface area contributed by atoms with Gasteiger partial charge in [0.1, 0.15) is 16.4 Å². The van der Waals surface area contributed by atoms with Crippen molar-refractivity contribution in [2.45, 2.75) is 24.6 Å². The molecule has 21 heavy (non-hydrogen) atoms. The number of rotatable bonds is 1. The summed E-state index contributed by atoms with van der Waals surface area (Å²) in [5, 5.41) is 10.6. The minimum Gasteiger partial charge on any atom is -0.380 e. The molecule has 0 amide bonds. The lowest BCUT2D eigenvalue weighted by atomic mass is 9.89. The first-order valence-corrected chi connectivity index (χ1v) is 6.75. The van der Waals surface area contributed by atoms with Gasteiger partial charge in [-0.05, 0) is 30.0 Å². The van der Waals surface area contributed by atoms with E-state index in [1.54, 1.807) is 12.1 Å². The van der Waals surface area contributed by atoms with Crippen LogP contribution in [0, 0.1) is 0 Å². The van der Waals surface area contributed by atoms with E-state index in [0.717, 1.165) is 11.6 Å². The molecule has 0 spiro atoms. The summed E-state index contributed by atoms with van der Waals surface area (Å²) in [6, 6.07) is 9.34. The monoisotopic (exact) mass is 313 g/mol. The summed E-state index contributed by atoms with van der Waals surface area (Å²) < 4.78 is 37.9. The highest BCUT2D eigenvalue weighted by molar-refractivity contribution is 6.30. The van der Waals surface area contributed by atoms with Crippen LogP contribution in [-0.2, 0) is 18.2 Å². The molecule has 1 heterocycles. The summed E-state index contributed by atoms with van der Waals surface area (Å²) in [5.74, 6) is 0. The van der Waals surface area contributed by atoms with Gasteiger partial charge in [0.05, 0.1) is 0 Å². The molecular formula is C15H11ClF3NO. The Bertz CT molecular complexity index is 702. The highest BCUT2D eigenvalue weighted by Gasteiger charge is 2.41. The second-order valence-electron chi connectivity index (χ2n) is 5.05. The average Bonchev–Trinajstić information content (AvgIpc) is 2.77. The van der Waals surface area contributed by atoms with E-state index < -0.39 is 17.5 Å². The predicted molar refractivity (Wildman–Crippen MR) is 72.0 cm³/mol. The van der Waals surface area contributed by atoms with Crippen LogP contribution in [0.4, 0.5) is 13.2 Å². The van der Waals surface area contributed by atoms with Crippen molar-refractivity contribution in [1.82, 2.24) is 4.98 Å². The zero-order valence-electron chi connectivity index (χ0n) is 10.8. The van der Waals surface area contributed by atoms with Crippen LogP contribution in [0.1, 0.15) is 28.8 Å². The SMILES string of the molecule is OC1(c2ccc(C(F)(F)F)nc2Cl)CCc2ccccc21. The third-order valence-electron chi connectivity index (χ3n) is 3.80. The number of aromatic nitrogens is 1. The van der Waals surface area contributed by atoms with E-state index in [4.69, 9.17) is 11.6 Å². The molecule has 2 nitrogen and oxygen atoms in total. The molecule has 0 aliphatic heterocycles. The molecule has 1 aromatic heterocycles. The average molecular weight is 314 g/mol. The number of aryl methyl sites for hydroxylation is 1. The first-order chi connectivity index (χ1) is 9.82. The van der Waals surface area contributed by atoms with E-state index in [-0.39, 0.29) is 10.7 Å². The van der Waals surface area contributed by atoms with Gasteiger partial charge in [-0.2, -0.15) is 13.2 Å². The normalized spacial score (nSPS) is 21.4. The van der Waals surface area contributed by atoms with Crippen molar-refractivity contribution in [3.8, 4) is 0 Å². The summed E-state index contributed by atoms with van der Waals surface area (Å²) in [6.07, 6.45) is -3.54. The number of nitrogens with zero attached hydrogens (tertiary/aromatic N) is 1. The van der Waals surface area contributed by atoms with Crippen LogP contribution in [0.25, 0.3) is 0 Å². The zero-order valence-corrected chi connectivity index (χ0v) is 11.5. The van der Waals surface area contributed by atoms with Crippen molar-refractivity contribution < 1.29 is 18.3 Å². The highest BCUT2D eigenvalue weighted by atomic mass is 35.5. The Morgan fingerprint density at radius 3 is 2.48 bits per heavy atom. The van der Waals surface area contributed by atoms with Crippen LogP contribution < -0.4 is 0 Å². The lowest BCUT2D eigenvalue weighted by molar-refractivity contribution is -0.141. The van der Waals surface area contributed by atoms with Gasteiger partial charge in [0, 0.05) is 5.56 Å². The molecule has 0 saturated heterocycles. The fraction of sp³-hybridized carbons (Fsp3) is 0.267. The van der Waals surface area contributed by atoms with E-state index in [1.807, 2.05) is 12.1 Å². The molecule has 1 unspecified atom stereocenters. The Morgan fingerprint density at radius 2 is 1.81 bits per heavy atom. The van der Waals surface area contributed by atoms with Gasteiger partial charge < -0.3 is 5.11 Å². The number of pyridine rings is 1. The van der Waals surface area contributed by atoms with Gasteiger partial charge in [-0.25, -0.2) is 4.98 Å². The maximum absolute atomic E-state index is 12.6. The molecule has 3 rings (SSSR count). The van der Waals surface area contributed by atoms with Gasteiger partial charge in [0.15, 0.2) is 0 Å². The minimum atomic E-state index is -4.56. The van der Waals surface area contributed by atoms with E-state index in [2.05, 4.69) is 4.98 Å². The largest absolute Gasteiger partial charge is 0.433 e. The van der Waals surface area contributed by atoms with Gasteiger partial charge >= 0.3 is 6.18 Å². The minimum absolute atomic E-state index is 0.210. The third-order valence-corrected chi connectivity index (χ3v) is 4.09. The number of aliphatic hydroxyl groups is 1. The molecular weight excluding hydrogens is 303 g/mol. The number of hydrogen-bond donors (Lipinski definition) is 1. The smallest absolute Gasteiger partial charge is 0.380 e. The summed E-state index contributed by atoms with van der Waals surface area (Å²) in [5.41, 5.74) is -0.595. The van der Waals surface area contributed by atoms with Crippen molar-refractivity contribution in [2.24, 2.45) is 0 Å². The van der Waals surface area contributed by atoms with E-state index >= 15 is 0 Å². The van der Waals surface area contributed by atoms with E-state index in [1.165, 1.54) is 6.07 Å². The Balaban J connectivity index is 2.10. The summed E-state index contributed by atoms with van der Waals surface area (Å²) in [4.78, 5) is 3.39. The zero-order chi connectivity index (χ0) is 15.3. The molecule has 1 atom stereocenters. The number of alkyl halides is 3. The predicted octanol–water partition coefficient (Wildman–Crippen LogP) is 3.94. The Morgan fingerprint density at radius 1 is 1.10 bits per heavy atom. The Kier molecular flexibility index (Phi) is 3.22. The molecule has 0 fully saturated rings. The lowest BCUT2D eigenvalue weighted by Gasteiger charge is -2.25. The molecule has 1 aliphatic rings. The molecule has 1 aliphatic carbocycles. The molecule has 1 N–H and O–H groups in total. The number of benzene rings is 1. The number of hydrogen-bond acceptors (Lipinski definition) is 2. The quantitative estimate of drug-likeness (QED) is 0.809. The van der Waals surface area contributed by atoms with Gasteiger partial charge in [0.25, 0.3) is 0 Å².